The molecule has 0 amide bonds. The third-order valence-electron chi connectivity index (χ3n) is 3.78. The highest BCUT2D eigenvalue weighted by molar-refractivity contribution is 5.96. The second-order valence-electron chi connectivity index (χ2n) is 5.25. The molecule has 0 fully saturated rings. The number of fused-ring (bicyclic) bond motifs is 1. The standard InChI is InChI=1S/C17H17N3O/c1-12-7-9-13(10-8-12)16(21)11-20-15-6-4-3-5-14(15)19(2)17(20)18/h3-10,18H,11H2,1-2H3. The Labute approximate surface area is 122 Å². The third-order valence-corrected chi connectivity index (χ3v) is 3.78. The molecule has 3 rings (SSSR count). The highest BCUT2D eigenvalue weighted by Gasteiger charge is 2.12. The number of benzene rings is 2. The minimum absolute atomic E-state index is 0.0184. The summed E-state index contributed by atoms with van der Waals surface area (Å²) in [4.78, 5) is 12.4. The summed E-state index contributed by atoms with van der Waals surface area (Å²) < 4.78 is 3.54. The number of carbonyl (C=O) groups is 1. The van der Waals surface area contributed by atoms with Crippen LogP contribution in [0.15, 0.2) is 48.5 Å². The zero-order valence-electron chi connectivity index (χ0n) is 12.1. The van der Waals surface area contributed by atoms with Crippen molar-refractivity contribution < 1.29 is 4.79 Å². The van der Waals surface area contributed by atoms with Crippen molar-refractivity contribution in [1.82, 2.24) is 9.13 Å². The lowest BCUT2D eigenvalue weighted by Crippen LogP contribution is -2.25. The molecular formula is C17H17N3O. The Morgan fingerprint density at radius 3 is 2.33 bits per heavy atom. The number of aromatic nitrogens is 2. The summed E-state index contributed by atoms with van der Waals surface area (Å²) in [6.07, 6.45) is 0. The molecule has 4 nitrogen and oxygen atoms in total. The molecule has 0 saturated heterocycles. The molecule has 3 aromatic rings. The van der Waals surface area contributed by atoms with Gasteiger partial charge in [-0.3, -0.25) is 10.2 Å². The van der Waals surface area contributed by atoms with Gasteiger partial charge in [0.25, 0.3) is 0 Å². The van der Waals surface area contributed by atoms with Crippen LogP contribution >= 0.6 is 0 Å². The minimum Gasteiger partial charge on any atom is -0.313 e. The molecule has 106 valence electrons. The normalized spacial score (nSPS) is 11.0. The van der Waals surface area contributed by atoms with Crippen LogP contribution in [0, 0.1) is 12.3 Å². The number of nitrogens with zero attached hydrogens (tertiary/aromatic N) is 2. The lowest BCUT2D eigenvalue weighted by atomic mass is 10.1. The third kappa shape index (κ3) is 2.29. The molecule has 0 radical (unpaired) electrons. The first-order valence-electron chi connectivity index (χ1n) is 6.86. The van der Waals surface area contributed by atoms with Gasteiger partial charge in [0, 0.05) is 12.6 Å². The zero-order chi connectivity index (χ0) is 15.0. The summed E-state index contributed by atoms with van der Waals surface area (Å²) in [5.74, 6) is 0.0184. The second kappa shape index (κ2) is 5.05. The number of hydrogen-bond acceptors (Lipinski definition) is 2. The van der Waals surface area contributed by atoms with Gasteiger partial charge >= 0.3 is 0 Å². The number of imidazole rings is 1. The van der Waals surface area contributed by atoms with Gasteiger partial charge in [0.1, 0.15) is 0 Å². The van der Waals surface area contributed by atoms with E-state index in [1.165, 1.54) is 0 Å². The summed E-state index contributed by atoms with van der Waals surface area (Å²) in [5.41, 5.74) is 4.01. The van der Waals surface area contributed by atoms with Crippen LogP contribution in [-0.4, -0.2) is 14.9 Å². The number of Topliss-reactive ketones (excluding diaryl/α,β-unsaturated/α-hetero) is 1. The van der Waals surface area contributed by atoms with E-state index in [1.54, 1.807) is 9.13 Å². The lowest BCUT2D eigenvalue weighted by Gasteiger charge is -2.04. The Hall–Kier alpha value is -2.62. The number of aryl methyl sites for hydroxylation is 2. The first-order chi connectivity index (χ1) is 10.1. The number of ketones is 1. The van der Waals surface area contributed by atoms with Crippen LogP contribution in [-0.2, 0) is 13.6 Å². The van der Waals surface area contributed by atoms with E-state index in [2.05, 4.69) is 0 Å². The van der Waals surface area contributed by atoms with Crippen molar-refractivity contribution in [2.75, 3.05) is 0 Å². The Morgan fingerprint density at radius 1 is 1.05 bits per heavy atom. The van der Waals surface area contributed by atoms with Gasteiger partial charge in [-0.15, -0.1) is 0 Å². The lowest BCUT2D eigenvalue weighted by molar-refractivity contribution is 0.0971. The molecule has 0 saturated carbocycles. The number of para-hydroxylation sites is 2. The van der Waals surface area contributed by atoms with E-state index in [1.807, 2.05) is 62.5 Å². The summed E-state index contributed by atoms with van der Waals surface area (Å²) in [6, 6.07) is 15.3. The van der Waals surface area contributed by atoms with Crippen molar-refractivity contribution >= 4 is 16.8 Å². The van der Waals surface area contributed by atoms with E-state index >= 15 is 0 Å². The molecule has 2 aromatic carbocycles. The summed E-state index contributed by atoms with van der Waals surface area (Å²) in [7, 11) is 1.84. The quantitative estimate of drug-likeness (QED) is 0.736. The maximum Gasteiger partial charge on any atom is 0.203 e. The Bertz CT molecular complexity index is 869. The van der Waals surface area contributed by atoms with Crippen LogP contribution in [0.5, 0.6) is 0 Å². The smallest absolute Gasteiger partial charge is 0.203 e. The average Bonchev–Trinajstić information content (AvgIpc) is 2.73. The molecule has 1 aromatic heterocycles. The van der Waals surface area contributed by atoms with E-state index in [4.69, 9.17) is 5.41 Å². The predicted octanol–water partition coefficient (Wildman–Crippen LogP) is 2.65. The van der Waals surface area contributed by atoms with E-state index in [0.29, 0.717) is 11.2 Å². The molecule has 4 heteroatoms. The van der Waals surface area contributed by atoms with Crippen molar-refractivity contribution in [2.24, 2.45) is 7.05 Å². The molecular weight excluding hydrogens is 262 g/mol. The van der Waals surface area contributed by atoms with E-state index in [0.717, 1.165) is 16.6 Å². The van der Waals surface area contributed by atoms with Crippen LogP contribution in [0.25, 0.3) is 11.0 Å². The van der Waals surface area contributed by atoms with Crippen LogP contribution in [0.3, 0.4) is 0 Å². The van der Waals surface area contributed by atoms with Gasteiger partial charge in [-0.1, -0.05) is 42.0 Å². The van der Waals surface area contributed by atoms with E-state index in [9.17, 15) is 4.79 Å². The first-order valence-corrected chi connectivity index (χ1v) is 6.86. The zero-order valence-corrected chi connectivity index (χ0v) is 12.1. The first kappa shape index (κ1) is 13.4. The SMILES string of the molecule is Cc1ccc(C(=O)Cn2c(=N)n(C)c3ccccc32)cc1. The van der Waals surface area contributed by atoms with E-state index < -0.39 is 0 Å². The van der Waals surface area contributed by atoms with Crippen molar-refractivity contribution in [3.63, 3.8) is 0 Å². The van der Waals surface area contributed by atoms with Crippen molar-refractivity contribution in [2.45, 2.75) is 13.5 Å². The molecule has 1 heterocycles. The van der Waals surface area contributed by atoms with E-state index in [-0.39, 0.29) is 12.3 Å². The van der Waals surface area contributed by atoms with Crippen LogP contribution < -0.4 is 5.62 Å². The van der Waals surface area contributed by atoms with Gasteiger partial charge in [0.15, 0.2) is 5.78 Å². The fraction of sp³-hybridized carbons (Fsp3) is 0.176. The highest BCUT2D eigenvalue weighted by Crippen LogP contribution is 2.13. The van der Waals surface area contributed by atoms with Gasteiger partial charge in [0.2, 0.25) is 5.62 Å². The van der Waals surface area contributed by atoms with Crippen LogP contribution in [0.4, 0.5) is 0 Å². The summed E-state index contributed by atoms with van der Waals surface area (Å²) in [5, 5.41) is 8.19. The van der Waals surface area contributed by atoms with Gasteiger partial charge in [-0.05, 0) is 19.1 Å². The summed E-state index contributed by atoms with van der Waals surface area (Å²) in [6.45, 7) is 2.18. The molecule has 0 spiro atoms. The predicted molar refractivity (Wildman–Crippen MR) is 82.3 cm³/mol. The van der Waals surface area contributed by atoms with Crippen molar-refractivity contribution in [3.8, 4) is 0 Å². The largest absolute Gasteiger partial charge is 0.313 e. The van der Waals surface area contributed by atoms with Crippen LogP contribution in [0.1, 0.15) is 15.9 Å². The number of hydrogen-bond donors (Lipinski definition) is 1. The fourth-order valence-electron chi connectivity index (χ4n) is 2.52. The number of rotatable bonds is 3. The molecule has 0 atom stereocenters. The maximum atomic E-state index is 12.4. The number of nitrogens with one attached hydrogen (secondary N) is 1. The average molecular weight is 279 g/mol. The molecule has 21 heavy (non-hydrogen) atoms. The monoisotopic (exact) mass is 279 g/mol. The number of carbonyl (C=O) groups excluding carboxylic acids is 1. The molecule has 0 unspecified atom stereocenters. The Kier molecular flexibility index (Phi) is 3.22. The van der Waals surface area contributed by atoms with Crippen molar-refractivity contribution in [1.29, 1.82) is 5.41 Å². The fourth-order valence-corrected chi connectivity index (χ4v) is 2.52. The van der Waals surface area contributed by atoms with Gasteiger partial charge in [-0.25, -0.2) is 0 Å². The molecule has 0 aliphatic carbocycles. The Morgan fingerprint density at radius 2 is 1.67 bits per heavy atom. The second-order valence-corrected chi connectivity index (χ2v) is 5.25. The molecule has 0 aliphatic rings. The Balaban J connectivity index is 2.02. The molecule has 0 aliphatic heterocycles. The molecule has 1 N–H and O–H groups in total. The summed E-state index contributed by atoms with van der Waals surface area (Å²) >= 11 is 0. The van der Waals surface area contributed by atoms with Gasteiger partial charge < -0.3 is 9.13 Å². The van der Waals surface area contributed by atoms with Crippen molar-refractivity contribution in [3.05, 3.63) is 65.3 Å². The topological polar surface area (TPSA) is 50.8 Å². The highest BCUT2D eigenvalue weighted by atomic mass is 16.1. The van der Waals surface area contributed by atoms with Gasteiger partial charge in [-0.2, -0.15) is 0 Å². The van der Waals surface area contributed by atoms with Gasteiger partial charge in [0.05, 0.1) is 17.6 Å². The van der Waals surface area contributed by atoms with Crippen LogP contribution in [0.2, 0.25) is 0 Å². The minimum atomic E-state index is 0.0184. The molecule has 0 bridgehead atoms. The maximum absolute atomic E-state index is 12.4.